The molecule has 47 heavy (non-hydrogen) atoms. The van der Waals surface area contributed by atoms with Gasteiger partial charge in [-0.05, 0) is 80.7 Å². The van der Waals surface area contributed by atoms with Gasteiger partial charge in [-0.25, -0.2) is 13.8 Å². The first kappa shape index (κ1) is 31.3. The van der Waals surface area contributed by atoms with Gasteiger partial charge in [0.25, 0.3) is 5.91 Å². The molecule has 2 aromatic heterocycles. The molecule has 0 bridgehead atoms. The number of anilines is 2. The number of benzene rings is 2. The van der Waals surface area contributed by atoms with Gasteiger partial charge in [-0.15, -0.1) is 0 Å². The fraction of sp³-hybridized carbons (Fsp3) is 0.229. The van der Waals surface area contributed by atoms with Crippen LogP contribution < -0.4 is 27.5 Å². The van der Waals surface area contributed by atoms with Crippen LogP contribution in [0.2, 0.25) is 0 Å². The van der Waals surface area contributed by atoms with Crippen LogP contribution in [-0.4, -0.2) is 40.8 Å². The quantitative estimate of drug-likeness (QED) is 0.198. The highest BCUT2D eigenvalue weighted by atomic mass is 19.1. The van der Waals surface area contributed by atoms with E-state index < -0.39 is 23.0 Å². The summed E-state index contributed by atoms with van der Waals surface area (Å²) < 4.78 is 30.9. The van der Waals surface area contributed by atoms with Crippen LogP contribution in [0.5, 0.6) is 0 Å². The van der Waals surface area contributed by atoms with E-state index in [-0.39, 0.29) is 46.0 Å². The average Bonchev–Trinajstić information content (AvgIpc) is 3.92. The third kappa shape index (κ3) is 6.66. The van der Waals surface area contributed by atoms with Gasteiger partial charge in [0.2, 0.25) is 5.43 Å². The number of amides is 1. The van der Waals surface area contributed by atoms with Crippen molar-refractivity contribution in [3.05, 3.63) is 106 Å². The Labute approximate surface area is 269 Å². The Morgan fingerprint density at radius 3 is 2.49 bits per heavy atom. The number of carbonyl (C=O) groups excluding carboxylic acids is 1. The van der Waals surface area contributed by atoms with Crippen LogP contribution in [0.1, 0.15) is 53.3 Å². The fourth-order valence-corrected chi connectivity index (χ4v) is 5.65. The van der Waals surface area contributed by atoms with E-state index in [0.717, 1.165) is 44.8 Å². The number of nitrogens with two attached hydrogens (primary N) is 2. The Bertz CT molecular complexity index is 2000. The molecular weight excluding hydrogens is 602 g/mol. The zero-order valence-electron chi connectivity index (χ0n) is 25.3. The molecule has 6 rings (SSSR count). The van der Waals surface area contributed by atoms with E-state index in [4.69, 9.17) is 11.5 Å². The van der Waals surface area contributed by atoms with Gasteiger partial charge in [0.05, 0.1) is 11.6 Å². The molecule has 4 aromatic rings. The summed E-state index contributed by atoms with van der Waals surface area (Å²) in [5, 5.41) is 15.8. The van der Waals surface area contributed by atoms with E-state index in [1.807, 2.05) is 0 Å². The lowest BCUT2D eigenvalue weighted by molar-refractivity contribution is 0.102. The highest BCUT2D eigenvalue weighted by molar-refractivity contribution is 6.10. The maximum atomic E-state index is 15.6. The van der Waals surface area contributed by atoms with Crippen LogP contribution in [0.3, 0.4) is 0 Å². The van der Waals surface area contributed by atoms with Crippen molar-refractivity contribution >= 4 is 29.2 Å². The molecule has 0 unspecified atom stereocenters. The minimum Gasteiger partial charge on any atom is -0.404 e. The number of aliphatic imine (C=N–C) groups is 1. The van der Waals surface area contributed by atoms with Gasteiger partial charge in [-0.1, -0.05) is 12.1 Å². The lowest BCUT2D eigenvalue weighted by Gasteiger charge is -2.18. The van der Waals surface area contributed by atoms with E-state index in [0.29, 0.717) is 22.3 Å². The number of carbonyl (C=O) groups is 1. The smallest absolute Gasteiger partial charge is 0.261 e. The van der Waals surface area contributed by atoms with Gasteiger partial charge >= 0.3 is 0 Å². The van der Waals surface area contributed by atoms with Crippen LogP contribution in [0.15, 0.2) is 76.9 Å². The first-order valence-electron chi connectivity index (χ1n) is 15.3. The molecule has 10 nitrogen and oxygen atoms in total. The molecule has 12 heteroatoms. The number of hydrogen-bond acceptors (Lipinski definition) is 8. The van der Waals surface area contributed by atoms with Crippen molar-refractivity contribution in [3.63, 3.8) is 0 Å². The van der Waals surface area contributed by atoms with E-state index in [2.05, 4.69) is 26.7 Å². The Morgan fingerprint density at radius 2 is 1.83 bits per heavy atom. The number of halogens is 2. The summed E-state index contributed by atoms with van der Waals surface area (Å²) in [5.41, 5.74) is 13.3. The zero-order valence-corrected chi connectivity index (χ0v) is 25.3. The van der Waals surface area contributed by atoms with Gasteiger partial charge in [0.1, 0.15) is 34.8 Å². The molecule has 0 spiro atoms. The molecule has 2 aliphatic rings. The third-order valence-electron chi connectivity index (χ3n) is 8.34. The van der Waals surface area contributed by atoms with Gasteiger partial charge in [-0.2, -0.15) is 5.26 Å². The van der Waals surface area contributed by atoms with Gasteiger partial charge in [0, 0.05) is 58.8 Å². The molecule has 1 saturated heterocycles. The summed E-state index contributed by atoms with van der Waals surface area (Å²) in [4.78, 5) is 36.0. The van der Waals surface area contributed by atoms with Crippen molar-refractivity contribution in [2.24, 2.45) is 10.7 Å². The highest BCUT2D eigenvalue weighted by Crippen LogP contribution is 2.38. The third-order valence-corrected chi connectivity index (χ3v) is 8.34. The Hall–Kier alpha value is -5.67. The molecule has 1 amide bonds. The minimum atomic E-state index is -0.779. The summed E-state index contributed by atoms with van der Waals surface area (Å²) in [6.07, 6.45) is 9.42. The van der Waals surface area contributed by atoms with Crippen LogP contribution in [0.25, 0.3) is 27.8 Å². The highest BCUT2D eigenvalue weighted by Gasteiger charge is 2.30. The number of nitrogens with zero attached hydrogens (tertiary/aromatic N) is 4. The number of aromatic nitrogens is 2. The first-order valence-corrected chi connectivity index (χ1v) is 15.3. The average molecular weight is 635 g/mol. The molecule has 1 aliphatic heterocycles. The number of allylic oxidation sites excluding steroid dienone is 1. The fourth-order valence-electron chi connectivity index (χ4n) is 5.65. The first-order chi connectivity index (χ1) is 22.8. The molecule has 0 atom stereocenters. The monoisotopic (exact) mass is 634 g/mol. The molecular formula is C35H32F2N8O2. The van der Waals surface area contributed by atoms with Gasteiger partial charge in [0.15, 0.2) is 0 Å². The van der Waals surface area contributed by atoms with Crippen LogP contribution in [-0.2, 0) is 0 Å². The molecule has 238 valence electrons. The molecule has 2 fully saturated rings. The summed E-state index contributed by atoms with van der Waals surface area (Å²) in [5.74, 6) is -1.87. The lowest BCUT2D eigenvalue weighted by atomic mass is 10.00. The second kappa shape index (κ2) is 13.4. The maximum Gasteiger partial charge on any atom is 0.261 e. The summed E-state index contributed by atoms with van der Waals surface area (Å²) in [6, 6.07) is 13.1. The summed E-state index contributed by atoms with van der Waals surface area (Å²) in [7, 11) is 0. The molecule has 1 saturated carbocycles. The van der Waals surface area contributed by atoms with Gasteiger partial charge in [-0.3, -0.25) is 14.6 Å². The number of nitrogen functional groups attached to an aromatic ring is 1. The normalized spacial score (nSPS) is 15.5. The molecule has 3 heterocycles. The number of piperidine rings is 1. The summed E-state index contributed by atoms with van der Waals surface area (Å²) >= 11 is 0. The predicted molar refractivity (Wildman–Crippen MR) is 178 cm³/mol. The van der Waals surface area contributed by atoms with E-state index in [1.54, 1.807) is 23.0 Å². The van der Waals surface area contributed by atoms with Crippen LogP contribution in [0, 0.1) is 23.0 Å². The van der Waals surface area contributed by atoms with Gasteiger partial charge < -0.3 is 26.7 Å². The zero-order chi connectivity index (χ0) is 33.1. The SMILES string of the molecule is N#Cc1c(-c2ccc(F)cc2)c(=O)c(C(=O)Nc2ccc(-c3cc(C(C=NC4CCNCC4)=CN)cnc3N)c(F)c2)cn1C1CC1. The van der Waals surface area contributed by atoms with Crippen molar-refractivity contribution in [2.45, 2.75) is 37.8 Å². The Balaban J connectivity index is 1.28. The second-order valence-corrected chi connectivity index (χ2v) is 11.5. The van der Waals surface area contributed by atoms with Crippen molar-refractivity contribution < 1.29 is 13.6 Å². The molecule has 6 N–H and O–H groups in total. The lowest BCUT2D eigenvalue weighted by Crippen LogP contribution is -2.29. The number of rotatable bonds is 8. The minimum absolute atomic E-state index is 0.00290. The maximum absolute atomic E-state index is 15.6. The Kier molecular flexibility index (Phi) is 8.90. The van der Waals surface area contributed by atoms with E-state index in [9.17, 15) is 19.2 Å². The molecule has 2 aromatic carbocycles. The summed E-state index contributed by atoms with van der Waals surface area (Å²) in [6.45, 7) is 1.80. The van der Waals surface area contributed by atoms with Crippen LogP contribution >= 0.6 is 0 Å². The largest absolute Gasteiger partial charge is 0.404 e. The molecule has 0 radical (unpaired) electrons. The molecule has 1 aliphatic carbocycles. The predicted octanol–water partition coefficient (Wildman–Crippen LogP) is 5.02. The number of nitrogens with one attached hydrogen (secondary N) is 2. The van der Waals surface area contributed by atoms with E-state index in [1.165, 1.54) is 48.8 Å². The number of pyridine rings is 2. The number of nitriles is 1. The number of hydrogen-bond donors (Lipinski definition) is 4. The second-order valence-electron chi connectivity index (χ2n) is 11.5. The van der Waals surface area contributed by atoms with Crippen LogP contribution in [0.4, 0.5) is 20.3 Å². The van der Waals surface area contributed by atoms with Crippen molar-refractivity contribution in [2.75, 3.05) is 24.1 Å². The van der Waals surface area contributed by atoms with E-state index >= 15 is 4.39 Å². The van der Waals surface area contributed by atoms with Crippen molar-refractivity contribution in [3.8, 4) is 28.3 Å². The standard InChI is InChI=1S/C35H32F2N8O2/c36-23-3-1-20(2-4-23)32-31(16-39)45(26-6-7-26)19-29(33(32)46)35(47)44-25-5-8-27(30(37)14-25)28-13-21(17-43-34(28)40)22(15-38)18-42-24-9-11-41-12-10-24/h1-5,8,13-15,17-19,24,26,41H,6-7,9-12,38H2,(H2,40,43)(H,44,47). The van der Waals surface area contributed by atoms with Crippen molar-refractivity contribution in [1.82, 2.24) is 14.9 Å². The topological polar surface area (TPSA) is 164 Å². The van der Waals surface area contributed by atoms with Crippen molar-refractivity contribution in [1.29, 1.82) is 5.26 Å². The Morgan fingerprint density at radius 1 is 1.09 bits per heavy atom.